The Kier molecular flexibility index (Phi) is 6.04. The Morgan fingerprint density at radius 1 is 0.967 bits per heavy atom. The van der Waals surface area contributed by atoms with Crippen LogP contribution in [0.25, 0.3) is 0 Å². The fraction of sp³-hybridized carbons (Fsp3) is 0.960. The van der Waals surface area contributed by atoms with E-state index in [0.717, 1.165) is 51.4 Å². The van der Waals surface area contributed by atoms with Crippen molar-refractivity contribution in [2.45, 2.75) is 103 Å². The number of carbonyl (C=O) groups is 1. The Morgan fingerprint density at radius 3 is 2.33 bits per heavy atom. The molecule has 11 atom stereocenters. The third kappa shape index (κ3) is 3.34. The molecule has 4 aliphatic rings. The third-order valence-electron chi connectivity index (χ3n) is 10.5. The number of hydrogen-bond acceptors (Lipinski definition) is 4. The van der Waals surface area contributed by atoms with Crippen molar-refractivity contribution in [1.82, 2.24) is 0 Å². The molecule has 172 valence electrons. The summed E-state index contributed by atoms with van der Waals surface area (Å²) in [5, 5.41) is 42.1. The van der Waals surface area contributed by atoms with E-state index >= 15 is 0 Å². The summed E-state index contributed by atoms with van der Waals surface area (Å²) < 4.78 is 0. The van der Waals surface area contributed by atoms with Crippen molar-refractivity contribution in [2.24, 2.45) is 46.3 Å². The van der Waals surface area contributed by atoms with E-state index in [1.54, 1.807) is 0 Å². The smallest absolute Gasteiger partial charge is 0.303 e. The van der Waals surface area contributed by atoms with Crippen LogP contribution < -0.4 is 0 Å². The lowest BCUT2D eigenvalue weighted by atomic mass is 9.41. The quantitative estimate of drug-likeness (QED) is 0.540. The summed E-state index contributed by atoms with van der Waals surface area (Å²) in [5.41, 5.74) is 0.146. The SMILES string of the molecule is CC[C@H]1[C@@H](O)C2C3C[C@H](O)[C@H](CCCC(=O)O)[C@@]3(C)CCC2[C@@]2(C)CC[C@@H](O)C[C@@H]12. The van der Waals surface area contributed by atoms with Gasteiger partial charge in [0.15, 0.2) is 0 Å². The maximum Gasteiger partial charge on any atom is 0.303 e. The van der Waals surface area contributed by atoms with E-state index in [0.29, 0.717) is 24.2 Å². The predicted molar refractivity (Wildman–Crippen MR) is 115 cm³/mol. The van der Waals surface area contributed by atoms with Gasteiger partial charge in [-0.1, -0.05) is 27.2 Å². The minimum Gasteiger partial charge on any atom is -0.481 e. The van der Waals surface area contributed by atoms with Gasteiger partial charge in [-0.2, -0.15) is 0 Å². The number of rotatable bonds is 5. The van der Waals surface area contributed by atoms with Crippen molar-refractivity contribution in [1.29, 1.82) is 0 Å². The first-order valence-corrected chi connectivity index (χ1v) is 12.4. The van der Waals surface area contributed by atoms with Crippen molar-refractivity contribution in [3.63, 3.8) is 0 Å². The maximum atomic E-state index is 11.6. The summed E-state index contributed by atoms with van der Waals surface area (Å²) >= 11 is 0. The molecule has 4 rings (SSSR count). The molecular weight excluding hydrogens is 380 g/mol. The van der Waals surface area contributed by atoms with Crippen molar-refractivity contribution in [3.05, 3.63) is 0 Å². The van der Waals surface area contributed by atoms with Crippen LogP contribution in [0, 0.1) is 46.3 Å². The summed E-state index contributed by atoms with van der Waals surface area (Å²) in [4.78, 5) is 11.0. The van der Waals surface area contributed by atoms with Gasteiger partial charge in [0.05, 0.1) is 18.3 Å². The molecule has 0 spiro atoms. The zero-order chi connectivity index (χ0) is 21.8. The lowest BCUT2D eigenvalue weighted by molar-refractivity contribution is -0.202. The molecule has 0 aromatic rings. The molecule has 4 fully saturated rings. The zero-order valence-electron chi connectivity index (χ0n) is 19.0. The predicted octanol–water partition coefficient (Wildman–Crippen LogP) is 3.84. The highest BCUT2D eigenvalue weighted by atomic mass is 16.4. The van der Waals surface area contributed by atoms with Gasteiger partial charge in [-0.3, -0.25) is 4.79 Å². The lowest BCUT2D eigenvalue weighted by Crippen LogP contribution is -2.62. The molecule has 0 aromatic carbocycles. The summed E-state index contributed by atoms with van der Waals surface area (Å²) in [7, 11) is 0. The molecule has 5 nitrogen and oxygen atoms in total. The molecule has 4 aliphatic carbocycles. The van der Waals surface area contributed by atoms with Gasteiger partial charge >= 0.3 is 5.97 Å². The minimum absolute atomic E-state index is 0.0181. The number of aliphatic carboxylic acids is 1. The number of fused-ring (bicyclic) bond motifs is 5. The van der Waals surface area contributed by atoms with Crippen LogP contribution in [0.1, 0.15) is 85.0 Å². The van der Waals surface area contributed by atoms with Crippen molar-refractivity contribution in [2.75, 3.05) is 0 Å². The minimum atomic E-state index is -0.764. The molecule has 4 saturated carbocycles. The molecule has 4 N–H and O–H groups in total. The Bertz CT molecular complexity index is 651. The molecule has 5 heteroatoms. The summed E-state index contributed by atoms with van der Waals surface area (Å²) in [6, 6.07) is 0. The molecule has 30 heavy (non-hydrogen) atoms. The van der Waals surface area contributed by atoms with Crippen molar-refractivity contribution in [3.8, 4) is 0 Å². The highest BCUT2D eigenvalue weighted by molar-refractivity contribution is 5.66. The Hall–Kier alpha value is -0.650. The van der Waals surface area contributed by atoms with E-state index in [9.17, 15) is 20.1 Å². The second-order valence-electron chi connectivity index (χ2n) is 11.6. The highest BCUT2D eigenvalue weighted by Gasteiger charge is 2.65. The largest absolute Gasteiger partial charge is 0.481 e. The topological polar surface area (TPSA) is 98.0 Å². The van der Waals surface area contributed by atoms with Crippen LogP contribution >= 0.6 is 0 Å². The Labute approximate surface area is 181 Å². The van der Waals surface area contributed by atoms with Gasteiger partial charge in [-0.05, 0) is 97.7 Å². The van der Waals surface area contributed by atoms with Gasteiger partial charge in [-0.25, -0.2) is 0 Å². The average Bonchev–Trinajstić information content (AvgIpc) is 2.94. The molecule has 3 unspecified atom stereocenters. The number of carboxylic acid groups (broad SMARTS) is 1. The number of aliphatic hydroxyl groups excluding tert-OH is 3. The van der Waals surface area contributed by atoms with E-state index in [4.69, 9.17) is 5.11 Å². The summed E-state index contributed by atoms with van der Waals surface area (Å²) in [5.74, 6) is 0.935. The highest BCUT2D eigenvalue weighted by Crippen LogP contribution is 2.69. The molecular formula is C25H42O5. The van der Waals surface area contributed by atoms with Gasteiger partial charge in [0, 0.05) is 6.42 Å². The number of carboxylic acids is 1. The van der Waals surface area contributed by atoms with E-state index in [-0.39, 0.29) is 47.2 Å². The Morgan fingerprint density at radius 2 is 1.67 bits per heavy atom. The second kappa shape index (κ2) is 8.04. The first-order chi connectivity index (χ1) is 14.1. The van der Waals surface area contributed by atoms with Gasteiger partial charge in [0.1, 0.15) is 0 Å². The average molecular weight is 423 g/mol. The molecule has 0 radical (unpaired) electrons. The van der Waals surface area contributed by atoms with Crippen LogP contribution in [-0.4, -0.2) is 44.7 Å². The number of aliphatic hydroxyl groups is 3. The normalized spacial score (nSPS) is 52.9. The molecule has 0 bridgehead atoms. The van der Waals surface area contributed by atoms with E-state index < -0.39 is 12.1 Å². The van der Waals surface area contributed by atoms with Crippen molar-refractivity contribution >= 4 is 5.97 Å². The van der Waals surface area contributed by atoms with E-state index in [1.807, 2.05) is 0 Å². The van der Waals surface area contributed by atoms with Gasteiger partial charge in [0.25, 0.3) is 0 Å². The molecule has 0 aliphatic heterocycles. The number of hydrogen-bond donors (Lipinski definition) is 4. The van der Waals surface area contributed by atoms with Crippen LogP contribution in [0.15, 0.2) is 0 Å². The van der Waals surface area contributed by atoms with Gasteiger partial charge in [0.2, 0.25) is 0 Å². The molecule has 0 aromatic heterocycles. The van der Waals surface area contributed by atoms with Crippen LogP contribution in [-0.2, 0) is 4.79 Å². The van der Waals surface area contributed by atoms with E-state index in [2.05, 4.69) is 20.8 Å². The van der Waals surface area contributed by atoms with Gasteiger partial charge in [-0.15, -0.1) is 0 Å². The standard InChI is InChI=1S/C25H42O5/c1-4-15-18-12-14(26)8-10-25(18,3)17-9-11-24(2)16(6-5-7-21(28)29)20(27)13-19(24)22(17)23(15)30/h14-20,22-23,26-27,30H,4-13H2,1-3H3,(H,28,29)/t14-,15-,16+,17?,18+,19?,20+,22?,23-,24-,25-/m1/s1. The third-order valence-corrected chi connectivity index (χ3v) is 10.5. The molecule has 0 amide bonds. The van der Waals surface area contributed by atoms with Crippen LogP contribution in [0.4, 0.5) is 0 Å². The van der Waals surface area contributed by atoms with Gasteiger partial charge < -0.3 is 20.4 Å². The molecule has 0 saturated heterocycles. The first kappa shape index (κ1) is 22.5. The van der Waals surface area contributed by atoms with E-state index in [1.165, 1.54) is 0 Å². The summed E-state index contributed by atoms with van der Waals surface area (Å²) in [6.07, 6.45) is 7.09. The zero-order valence-corrected chi connectivity index (χ0v) is 19.0. The fourth-order valence-electron chi connectivity index (χ4n) is 9.07. The van der Waals surface area contributed by atoms with Crippen molar-refractivity contribution < 1.29 is 25.2 Å². The summed E-state index contributed by atoms with van der Waals surface area (Å²) in [6.45, 7) is 6.91. The monoisotopic (exact) mass is 422 g/mol. The maximum absolute atomic E-state index is 11.6. The van der Waals surface area contributed by atoms with Crippen LogP contribution in [0.2, 0.25) is 0 Å². The Balaban J connectivity index is 1.62. The molecule has 0 heterocycles. The second-order valence-corrected chi connectivity index (χ2v) is 11.6. The fourth-order valence-corrected chi connectivity index (χ4v) is 9.07. The lowest BCUT2D eigenvalue weighted by Gasteiger charge is -2.64. The first-order valence-electron chi connectivity index (χ1n) is 12.4. The van der Waals surface area contributed by atoms with Crippen LogP contribution in [0.5, 0.6) is 0 Å². The van der Waals surface area contributed by atoms with Crippen LogP contribution in [0.3, 0.4) is 0 Å².